The summed E-state index contributed by atoms with van der Waals surface area (Å²) < 4.78 is 5.58. The van der Waals surface area contributed by atoms with Crippen molar-refractivity contribution in [3.8, 4) is 5.75 Å². The fourth-order valence-corrected chi connectivity index (χ4v) is 5.64. The van der Waals surface area contributed by atoms with Gasteiger partial charge in [0, 0.05) is 23.3 Å². The molecule has 1 aromatic heterocycles. The maximum atomic E-state index is 12.9. The second kappa shape index (κ2) is 8.46. The molecule has 1 aromatic carbocycles. The number of rotatable bonds is 8. The first-order valence-corrected chi connectivity index (χ1v) is 12.2. The lowest BCUT2D eigenvalue weighted by molar-refractivity contribution is -0.115. The number of carbonyl (C=O) groups excluding carboxylic acids is 2. The number of hydrogen-bond acceptors (Lipinski definition) is 7. The first kappa shape index (κ1) is 22.7. The summed E-state index contributed by atoms with van der Waals surface area (Å²) in [6.45, 7) is 11.0. The molecule has 2 aliphatic rings. The molecule has 2 aliphatic carbocycles. The van der Waals surface area contributed by atoms with Crippen molar-refractivity contribution < 1.29 is 14.3 Å². The molecular weight excluding hydrogens is 424 g/mol. The average molecular weight is 455 g/mol. The molecule has 0 saturated heterocycles. The van der Waals surface area contributed by atoms with Crippen molar-refractivity contribution in [3.63, 3.8) is 0 Å². The SMILES string of the molecule is CCOc1ccc(C(=O)CSc2nnc3c(n2)[C@]2(C)CC[C@H]3C2(C)C)cc1NC(=O)CC. The lowest BCUT2D eigenvalue weighted by Gasteiger charge is -2.33. The van der Waals surface area contributed by atoms with Crippen molar-refractivity contribution >= 4 is 29.1 Å². The highest BCUT2D eigenvalue weighted by Crippen LogP contribution is 2.66. The molecule has 1 N–H and O–H groups in total. The number of anilines is 1. The molecule has 2 aromatic rings. The number of carbonyl (C=O) groups is 2. The lowest BCUT2D eigenvalue weighted by atomic mass is 9.70. The highest BCUT2D eigenvalue weighted by atomic mass is 32.2. The van der Waals surface area contributed by atoms with Gasteiger partial charge in [-0.05, 0) is 43.4 Å². The van der Waals surface area contributed by atoms with Crippen molar-refractivity contribution in [2.45, 2.75) is 70.4 Å². The topological polar surface area (TPSA) is 94.1 Å². The number of Topliss-reactive ketones (excluding diaryl/α,β-unsaturated/α-hetero) is 1. The minimum atomic E-state index is -0.131. The number of nitrogens with one attached hydrogen (secondary N) is 1. The van der Waals surface area contributed by atoms with E-state index in [1.165, 1.54) is 11.8 Å². The molecule has 0 unspecified atom stereocenters. The lowest BCUT2D eigenvalue weighted by Crippen LogP contribution is -2.32. The van der Waals surface area contributed by atoms with Crippen LogP contribution in [0.25, 0.3) is 0 Å². The van der Waals surface area contributed by atoms with E-state index in [4.69, 9.17) is 9.72 Å². The standard InChI is InChI=1S/C24H30N4O3S/c1-6-19(30)25-16-12-14(8-9-18(16)31-7-2)17(29)13-32-22-26-21-20(27-28-22)15-10-11-24(21,5)23(15,3)4/h8-9,12,15H,6-7,10-11,13H2,1-5H3,(H,25,30)/t15-,24+/m1/s1. The largest absolute Gasteiger partial charge is 0.492 e. The van der Waals surface area contributed by atoms with Crippen LogP contribution in [0.3, 0.4) is 0 Å². The Balaban J connectivity index is 1.49. The fourth-order valence-electron chi connectivity index (χ4n) is 4.96. The molecule has 0 aliphatic heterocycles. The first-order chi connectivity index (χ1) is 15.2. The number of thioether (sulfide) groups is 1. The smallest absolute Gasteiger partial charge is 0.224 e. The summed E-state index contributed by atoms with van der Waals surface area (Å²) in [4.78, 5) is 29.6. The van der Waals surface area contributed by atoms with Crippen molar-refractivity contribution in [1.82, 2.24) is 15.2 Å². The second-order valence-corrected chi connectivity index (χ2v) is 10.2. The van der Waals surface area contributed by atoms with Gasteiger partial charge in [-0.2, -0.15) is 5.10 Å². The summed E-state index contributed by atoms with van der Waals surface area (Å²) in [6.07, 6.45) is 2.59. The number of ether oxygens (including phenoxy) is 1. The molecule has 1 amide bonds. The molecule has 8 heteroatoms. The van der Waals surface area contributed by atoms with E-state index in [1.54, 1.807) is 25.1 Å². The maximum absolute atomic E-state index is 12.9. The van der Waals surface area contributed by atoms with E-state index in [9.17, 15) is 9.59 Å². The Morgan fingerprint density at radius 2 is 2.00 bits per heavy atom. The molecule has 1 heterocycles. The molecule has 32 heavy (non-hydrogen) atoms. The molecule has 0 radical (unpaired) electrons. The van der Waals surface area contributed by atoms with E-state index >= 15 is 0 Å². The van der Waals surface area contributed by atoms with Crippen LogP contribution in [0.5, 0.6) is 5.75 Å². The van der Waals surface area contributed by atoms with Gasteiger partial charge in [0.2, 0.25) is 11.1 Å². The van der Waals surface area contributed by atoms with E-state index in [1.807, 2.05) is 6.92 Å². The van der Waals surface area contributed by atoms with Gasteiger partial charge >= 0.3 is 0 Å². The third-order valence-electron chi connectivity index (χ3n) is 7.30. The van der Waals surface area contributed by atoms with Gasteiger partial charge in [0.1, 0.15) is 5.75 Å². The molecule has 1 fully saturated rings. The third kappa shape index (κ3) is 3.68. The van der Waals surface area contributed by atoms with Crippen molar-refractivity contribution in [3.05, 3.63) is 35.2 Å². The van der Waals surface area contributed by atoms with Crippen LogP contribution in [0.1, 0.15) is 81.5 Å². The van der Waals surface area contributed by atoms with Gasteiger partial charge < -0.3 is 10.1 Å². The Hall–Kier alpha value is -2.48. The minimum absolute atomic E-state index is 0.00372. The van der Waals surface area contributed by atoms with E-state index in [-0.39, 0.29) is 28.3 Å². The number of benzene rings is 1. The van der Waals surface area contributed by atoms with Crippen LogP contribution in [-0.2, 0) is 10.2 Å². The van der Waals surface area contributed by atoms with Gasteiger partial charge in [0.15, 0.2) is 5.78 Å². The van der Waals surface area contributed by atoms with Crippen LogP contribution in [0.2, 0.25) is 0 Å². The van der Waals surface area contributed by atoms with Gasteiger partial charge in [0.25, 0.3) is 0 Å². The van der Waals surface area contributed by atoms with Gasteiger partial charge in [-0.15, -0.1) is 5.10 Å². The molecule has 4 rings (SSSR count). The maximum Gasteiger partial charge on any atom is 0.224 e. The van der Waals surface area contributed by atoms with Crippen LogP contribution < -0.4 is 10.1 Å². The molecule has 7 nitrogen and oxygen atoms in total. The van der Waals surface area contributed by atoms with Crippen molar-refractivity contribution in [2.24, 2.45) is 5.41 Å². The molecule has 2 bridgehead atoms. The molecule has 0 spiro atoms. The number of aromatic nitrogens is 3. The summed E-state index contributed by atoms with van der Waals surface area (Å²) in [5.74, 6) is 0.953. The summed E-state index contributed by atoms with van der Waals surface area (Å²) in [5.41, 5.74) is 3.22. The molecular formula is C24H30N4O3S. The number of hydrogen-bond donors (Lipinski definition) is 1. The number of nitrogens with zero attached hydrogens (tertiary/aromatic N) is 3. The second-order valence-electron chi connectivity index (χ2n) is 9.23. The predicted octanol–water partition coefficient (Wildman–Crippen LogP) is 4.77. The van der Waals surface area contributed by atoms with Crippen LogP contribution in [0.15, 0.2) is 23.4 Å². The summed E-state index contributed by atoms with van der Waals surface area (Å²) >= 11 is 1.30. The molecule has 1 saturated carbocycles. The van der Waals surface area contributed by atoms with E-state index < -0.39 is 0 Å². The quantitative estimate of drug-likeness (QED) is 0.453. The Kier molecular flexibility index (Phi) is 6.00. The summed E-state index contributed by atoms with van der Waals surface area (Å²) in [5, 5.41) is 12.2. The highest BCUT2D eigenvalue weighted by molar-refractivity contribution is 7.99. The zero-order valence-corrected chi connectivity index (χ0v) is 20.1. The normalized spacial score (nSPS) is 22.5. The summed E-state index contributed by atoms with van der Waals surface area (Å²) in [6, 6.07) is 5.12. The fraction of sp³-hybridized carbons (Fsp3) is 0.542. The third-order valence-corrected chi connectivity index (χ3v) is 8.14. The highest BCUT2D eigenvalue weighted by Gasteiger charge is 2.61. The van der Waals surface area contributed by atoms with Gasteiger partial charge in [-0.3, -0.25) is 9.59 Å². The van der Waals surface area contributed by atoms with E-state index in [0.29, 0.717) is 41.1 Å². The predicted molar refractivity (Wildman–Crippen MR) is 125 cm³/mol. The molecule has 170 valence electrons. The Labute approximate surface area is 193 Å². The Morgan fingerprint density at radius 1 is 1.22 bits per heavy atom. The zero-order valence-electron chi connectivity index (χ0n) is 19.3. The van der Waals surface area contributed by atoms with Gasteiger partial charge in [-0.25, -0.2) is 4.98 Å². The van der Waals surface area contributed by atoms with Crippen LogP contribution in [-0.4, -0.2) is 39.2 Å². The summed E-state index contributed by atoms with van der Waals surface area (Å²) in [7, 11) is 0. The molecule has 2 atom stereocenters. The van der Waals surface area contributed by atoms with Gasteiger partial charge in [-0.1, -0.05) is 39.5 Å². The van der Waals surface area contributed by atoms with Gasteiger partial charge in [0.05, 0.1) is 29.4 Å². The van der Waals surface area contributed by atoms with Crippen molar-refractivity contribution in [2.75, 3.05) is 17.7 Å². The van der Waals surface area contributed by atoms with Crippen LogP contribution in [0, 0.1) is 5.41 Å². The monoisotopic (exact) mass is 454 g/mol. The van der Waals surface area contributed by atoms with Crippen LogP contribution >= 0.6 is 11.8 Å². The van der Waals surface area contributed by atoms with Crippen molar-refractivity contribution in [1.29, 1.82) is 0 Å². The Bertz CT molecular complexity index is 1070. The van der Waals surface area contributed by atoms with Crippen LogP contribution in [0.4, 0.5) is 5.69 Å². The van der Waals surface area contributed by atoms with E-state index in [2.05, 4.69) is 36.3 Å². The zero-order chi connectivity index (χ0) is 23.1. The number of fused-ring (bicyclic) bond motifs is 5. The number of ketones is 1. The average Bonchev–Trinajstić information content (AvgIpc) is 3.11. The number of amides is 1. The Morgan fingerprint density at radius 3 is 2.72 bits per heavy atom. The first-order valence-electron chi connectivity index (χ1n) is 11.2. The van der Waals surface area contributed by atoms with E-state index in [0.717, 1.165) is 24.2 Å². The minimum Gasteiger partial charge on any atom is -0.492 e.